The van der Waals surface area contributed by atoms with Crippen LogP contribution in [0.5, 0.6) is 5.75 Å². The predicted octanol–water partition coefficient (Wildman–Crippen LogP) is 3.11. The van der Waals surface area contributed by atoms with Crippen molar-refractivity contribution >= 4 is 11.4 Å². The molecule has 1 N–H and O–H groups in total. The highest BCUT2D eigenvalue weighted by Crippen LogP contribution is 2.24. The lowest BCUT2D eigenvalue weighted by Crippen LogP contribution is -2.46. The molecule has 0 amide bonds. The molecule has 2 aliphatic heterocycles. The van der Waals surface area contributed by atoms with Gasteiger partial charge < -0.3 is 24.4 Å². The lowest BCUT2D eigenvalue weighted by molar-refractivity contribution is 0.118. The number of piperazine rings is 1. The summed E-state index contributed by atoms with van der Waals surface area (Å²) in [5.41, 5.74) is 2.88. The fraction of sp³-hybridized carbons (Fsp3) is 0.500. The summed E-state index contributed by atoms with van der Waals surface area (Å²) in [6, 6.07) is 16.1. The van der Waals surface area contributed by atoms with Gasteiger partial charge in [0.2, 0.25) is 0 Å². The Labute approximate surface area is 217 Å². The zero-order chi connectivity index (χ0) is 25.8. The van der Waals surface area contributed by atoms with Gasteiger partial charge in [-0.15, -0.1) is 0 Å². The van der Waals surface area contributed by atoms with Crippen molar-refractivity contribution in [3.63, 3.8) is 0 Å². The molecule has 1 aromatic heterocycles. The van der Waals surface area contributed by atoms with Gasteiger partial charge in [0.25, 0.3) is 0 Å². The largest absolute Gasteiger partial charge is 0.493 e. The highest BCUT2D eigenvalue weighted by molar-refractivity contribution is 5.54. The number of ether oxygens (including phenoxy) is 2. The molecule has 3 heterocycles. The summed E-state index contributed by atoms with van der Waals surface area (Å²) in [4.78, 5) is 17.6. The maximum Gasteiger partial charge on any atom is 0.350 e. The van der Waals surface area contributed by atoms with Crippen LogP contribution in [0.1, 0.15) is 32.7 Å². The van der Waals surface area contributed by atoms with Gasteiger partial charge in [-0.05, 0) is 68.3 Å². The summed E-state index contributed by atoms with van der Waals surface area (Å²) in [6.07, 6.45) is 2.60. The number of hydrogen-bond donors (Lipinski definition) is 1. The van der Waals surface area contributed by atoms with Gasteiger partial charge in [-0.1, -0.05) is 6.92 Å². The number of hydrogen-bond acceptors (Lipinski definition) is 7. The second-order valence-electron chi connectivity index (χ2n) is 9.97. The Morgan fingerprint density at radius 3 is 2.14 bits per heavy atom. The van der Waals surface area contributed by atoms with Gasteiger partial charge in [0.1, 0.15) is 12.1 Å². The van der Waals surface area contributed by atoms with E-state index in [2.05, 4.69) is 51.3 Å². The van der Waals surface area contributed by atoms with Crippen molar-refractivity contribution in [1.82, 2.24) is 14.3 Å². The molecular weight excluding hydrogens is 470 g/mol. The summed E-state index contributed by atoms with van der Waals surface area (Å²) < 4.78 is 14.3. The quantitative estimate of drug-likeness (QED) is 0.476. The molecular formula is C28H37N5O4. The molecule has 0 bridgehead atoms. The minimum absolute atomic E-state index is 0.238. The van der Waals surface area contributed by atoms with Crippen LogP contribution >= 0.6 is 0 Å². The van der Waals surface area contributed by atoms with Crippen molar-refractivity contribution in [3.8, 4) is 11.4 Å². The van der Waals surface area contributed by atoms with Gasteiger partial charge in [-0.3, -0.25) is 0 Å². The van der Waals surface area contributed by atoms with Crippen molar-refractivity contribution in [3.05, 3.63) is 65.3 Å². The van der Waals surface area contributed by atoms with Crippen LogP contribution in [-0.4, -0.2) is 71.6 Å². The molecule has 0 radical (unpaired) electrons. The van der Waals surface area contributed by atoms with Gasteiger partial charge in [-0.2, -0.15) is 5.10 Å². The number of nitrogens with zero attached hydrogens (tertiary/aromatic N) is 5. The van der Waals surface area contributed by atoms with Crippen LogP contribution in [0.2, 0.25) is 0 Å². The highest BCUT2D eigenvalue weighted by Gasteiger charge is 2.21. The second-order valence-corrected chi connectivity index (χ2v) is 9.97. The average Bonchev–Trinajstić information content (AvgIpc) is 3.59. The first-order chi connectivity index (χ1) is 18.0. The van der Waals surface area contributed by atoms with Crippen molar-refractivity contribution in [1.29, 1.82) is 0 Å². The maximum absolute atomic E-state index is 12.9. The number of benzene rings is 2. The number of anilines is 2. The molecule has 2 fully saturated rings. The molecule has 0 unspecified atom stereocenters. The van der Waals surface area contributed by atoms with E-state index < -0.39 is 6.10 Å². The maximum atomic E-state index is 12.9. The topological polar surface area (TPSA) is 85.0 Å². The van der Waals surface area contributed by atoms with Crippen molar-refractivity contribution < 1.29 is 14.6 Å². The number of rotatable bonds is 9. The molecule has 2 saturated heterocycles. The first-order valence-electron chi connectivity index (χ1n) is 13.3. The molecule has 9 heteroatoms. The Bertz CT molecular complexity index is 1190. The van der Waals surface area contributed by atoms with Crippen LogP contribution in [0.25, 0.3) is 5.69 Å². The molecule has 198 valence electrons. The number of aliphatic hydroxyl groups excluding tert-OH is 1. The minimum Gasteiger partial charge on any atom is -0.493 e. The second kappa shape index (κ2) is 11.4. The van der Waals surface area contributed by atoms with Crippen LogP contribution in [0.3, 0.4) is 0 Å². The van der Waals surface area contributed by atoms with Gasteiger partial charge in [0, 0.05) is 50.1 Å². The van der Waals surface area contributed by atoms with Crippen molar-refractivity contribution in [2.24, 2.45) is 5.92 Å². The molecule has 37 heavy (non-hydrogen) atoms. The molecule has 0 saturated carbocycles. The molecule has 9 nitrogen and oxygen atoms in total. The Kier molecular flexibility index (Phi) is 7.81. The standard InChI is InChI=1S/C28H37N5O4/c1-3-27(21(2)34)33-28(35)32(20-29-33)25-6-4-23(5-7-25)30-13-15-31(16-14-30)24-8-10-26(11-9-24)37-19-22-12-17-36-18-22/h4-11,20-22,27,34H,3,12-19H2,1-2H3/t21-,22-,27+/m1/s1. The van der Waals surface area contributed by atoms with E-state index in [0.29, 0.717) is 12.3 Å². The van der Waals surface area contributed by atoms with E-state index in [-0.39, 0.29) is 11.7 Å². The molecule has 3 atom stereocenters. The van der Waals surface area contributed by atoms with Gasteiger partial charge >= 0.3 is 5.69 Å². The van der Waals surface area contributed by atoms with Gasteiger partial charge in [-0.25, -0.2) is 14.0 Å². The molecule has 5 rings (SSSR count). The van der Waals surface area contributed by atoms with E-state index in [1.54, 1.807) is 6.92 Å². The lowest BCUT2D eigenvalue weighted by Gasteiger charge is -2.37. The monoisotopic (exact) mass is 507 g/mol. The van der Waals surface area contributed by atoms with E-state index in [1.165, 1.54) is 21.3 Å². The molecule has 0 spiro atoms. The smallest absolute Gasteiger partial charge is 0.350 e. The van der Waals surface area contributed by atoms with E-state index in [1.807, 2.05) is 19.1 Å². The normalized spacial score (nSPS) is 19.7. The predicted molar refractivity (Wildman–Crippen MR) is 144 cm³/mol. The Morgan fingerprint density at radius 1 is 1.00 bits per heavy atom. The van der Waals surface area contributed by atoms with Crippen molar-refractivity contribution in [2.75, 3.05) is 55.8 Å². The van der Waals surface area contributed by atoms with Crippen LogP contribution in [0, 0.1) is 5.92 Å². The zero-order valence-corrected chi connectivity index (χ0v) is 21.7. The molecule has 2 aliphatic rings. The zero-order valence-electron chi connectivity index (χ0n) is 21.7. The summed E-state index contributed by atoms with van der Waals surface area (Å²) in [7, 11) is 0. The molecule has 2 aromatic carbocycles. The lowest BCUT2D eigenvalue weighted by atomic mass is 10.1. The SMILES string of the molecule is CC[C@@H]([C@@H](C)O)n1ncn(-c2ccc(N3CCN(c4ccc(OC[C@@H]5CCOC5)cc4)CC3)cc2)c1=O. The number of aliphatic hydroxyl groups is 1. The molecule has 0 aliphatic carbocycles. The fourth-order valence-corrected chi connectivity index (χ4v) is 5.17. The van der Waals surface area contributed by atoms with Gasteiger partial charge in [0.15, 0.2) is 0 Å². The third-order valence-electron chi connectivity index (χ3n) is 7.47. The highest BCUT2D eigenvalue weighted by atomic mass is 16.5. The van der Waals surface area contributed by atoms with E-state index in [4.69, 9.17) is 9.47 Å². The van der Waals surface area contributed by atoms with Crippen LogP contribution < -0.4 is 20.2 Å². The summed E-state index contributed by atoms with van der Waals surface area (Å²) >= 11 is 0. The average molecular weight is 508 g/mol. The third kappa shape index (κ3) is 5.67. The summed E-state index contributed by atoms with van der Waals surface area (Å²) in [5.74, 6) is 1.42. The first kappa shape index (κ1) is 25.4. The van der Waals surface area contributed by atoms with Gasteiger partial charge in [0.05, 0.1) is 31.0 Å². The van der Waals surface area contributed by atoms with E-state index in [0.717, 1.165) is 69.5 Å². The van der Waals surface area contributed by atoms with E-state index in [9.17, 15) is 9.90 Å². The molecule has 3 aromatic rings. The minimum atomic E-state index is -0.643. The van der Waals surface area contributed by atoms with Crippen molar-refractivity contribution in [2.45, 2.75) is 38.8 Å². The van der Waals surface area contributed by atoms with Crippen LogP contribution in [0.15, 0.2) is 59.7 Å². The first-order valence-corrected chi connectivity index (χ1v) is 13.3. The summed E-state index contributed by atoms with van der Waals surface area (Å²) in [5, 5.41) is 14.2. The Hall–Kier alpha value is -3.30. The van der Waals surface area contributed by atoms with Crippen LogP contribution in [-0.2, 0) is 4.74 Å². The third-order valence-corrected chi connectivity index (χ3v) is 7.47. The fourth-order valence-electron chi connectivity index (χ4n) is 5.17. The summed E-state index contributed by atoms with van der Waals surface area (Å²) in [6.45, 7) is 9.70. The van der Waals surface area contributed by atoms with Crippen LogP contribution in [0.4, 0.5) is 11.4 Å². The number of aromatic nitrogens is 3. The Balaban J connectivity index is 1.16. The Morgan fingerprint density at radius 2 is 1.59 bits per heavy atom. The van der Waals surface area contributed by atoms with E-state index >= 15 is 0 Å².